The van der Waals surface area contributed by atoms with Crippen LogP contribution in [0.15, 0.2) is 53.4 Å². The van der Waals surface area contributed by atoms with Gasteiger partial charge in [-0.05, 0) is 42.3 Å². The number of nitrogens with zero attached hydrogens (tertiary/aromatic N) is 1. The number of thioether (sulfide) groups is 1. The van der Waals surface area contributed by atoms with E-state index < -0.39 is 5.97 Å². The monoisotopic (exact) mass is 470 g/mol. The number of esters is 1. The highest BCUT2D eigenvalue weighted by molar-refractivity contribution is 8.26. The highest BCUT2D eigenvalue weighted by atomic mass is 32.2. The fourth-order valence-electron chi connectivity index (χ4n) is 3.00. The van der Waals surface area contributed by atoms with Crippen molar-refractivity contribution in [2.75, 3.05) is 26.1 Å². The molecule has 1 heterocycles. The lowest BCUT2D eigenvalue weighted by molar-refractivity contribution is -0.122. The second-order valence-corrected chi connectivity index (χ2v) is 8.51. The fourth-order valence-corrected chi connectivity index (χ4v) is 4.31. The number of hydrogen-bond acceptors (Lipinski definition) is 7. The van der Waals surface area contributed by atoms with Crippen molar-refractivity contribution in [1.82, 2.24) is 4.90 Å². The lowest BCUT2D eigenvalue weighted by atomic mass is 10.1. The molecule has 1 saturated heterocycles. The van der Waals surface area contributed by atoms with E-state index in [1.165, 1.54) is 23.8 Å². The number of thiocarbonyl (C=S) groups is 1. The Morgan fingerprint density at radius 2 is 1.91 bits per heavy atom. The van der Waals surface area contributed by atoms with Gasteiger partial charge in [-0.15, -0.1) is 0 Å². The summed E-state index contributed by atoms with van der Waals surface area (Å²) in [7, 11) is 2.89. The van der Waals surface area contributed by atoms with Crippen LogP contribution in [0.3, 0.4) is 0 Å². The molecule has 9 heteroatoms. The highest BCUT2D eigenvalue weighted by Crippen LogP contribution is 2.32. The Balaban J connectivity index is 1.53. The van der Waals surface area contributed by atoms with E-state index in [1.54, 1.807) is 61.7 Å². The van der Waals surface area contributed by atoms with E-state index in [1.807, 2.05) is 0 Å². The molecule has 0 unspecified atom stereocenters. The van der Waals surface area contributed by atoms with Crippen LogP contribution >= 0.6 is 24.0 Å². The first kappa shape index (κ1) is 23.5. The van der Waals surface area contributed by atoms with Crippen molar-refractivity contribution in [3.05, 3.63) is 64.6 Å². The SMILES string of the molecule is COC(=O)c1ccc(C=C2SC(=S)N(CCCC(=O)Nc3cccc(OC)c3)C2=O)cc1. The van der Waals surface area contributed by atoms with E-state index in [4.69, 9.17) is 17.0 Å². The number of nitrogens with one attached hydrogen (secondary N) is 1. The van der Waals surface area contributed by atoms with Gasteiger partial charge in [-0.1, -0.05) is 42.2 Å². The number of carbonyl (C=O) groups is 3. The molecular weight excluding hydrogens is 448 g/mol. The predicted octanol–water partition coefficient (Wildman–Crippen LogP) is 4.10. The third-order valence-electron chi connectivity index (χ3n) is 4.64. The molecule has 3 rings (SSSR count). The summed E-state index contributed by atoms with van der Waals surface area (Å²) in [5.74, 6) is -0.0967. The van der Waals surface area contributed by atoms with Gasteiger partial charge in [0, 0.05) is 24.7 Å². The second kappa shape index (κ2) is 10.9. The molecule has 0 aliphatic carbocycles. The number of amides is 2. The average Bonchev–Trinajstić information content (AvgIpc) is 3.06. The van der Waals surface area contributed by atoms with Crippen LogP contribution in [-0.2, 0) is 14.3 Å². The lowest BCUT2D eigenvalue weighted by Gasteiger charge is -2.14. The zero-order valence-corrected chi connectivity index (χ0v) is 19.3. The van der Waals surface area contributed by atoms with Crippen molar-refractivity contribution in [2.45, 2.75) is 12.8 Å². The molecule has 2 aromatic rings. The van der Waals surface area contributed by atoms with Gasteiger partial charge in [0.1, 0.15) is 10.1 Å². The van der Waals surface area contributed by atoms with Gasteiger partial charge >= 0.3 is 5.97 Å². The van der Waals surface area contributed by atoms with Crippen LogP contribution in [0, 0.1) is 0 Å². The van der Waals surface area contributed by atoms with E-state index in [-0.39, 0.29) is 18.2 Å². The van der Waals surface area contributed by atoms with Gasteiger partial charge in [-0.2, -0.15) is 0 Å². The molecule has 0 spiro atoms. The van der Waals surface area contributed by atoms with Gasteiger partial charge in [0.15, 0.2) is 0 Å². The van der Waals surface area contributed by atoms with Crippen molar-refractivity contribution in [2.24, 2.45) is 0 Å². The molecule has 1 aliphatic rings. The van der Waals surface area contributed by atoms with E-state index in [9.17, 15) is 14.4 Å². The van der Waals surface area contributed by atoms with Crippen LogP contribution < -0.4 is 10.1 Å². The van der Waals surface area contributed by atoms with E-state index in [0.29, 0.717) is 39.2 Å². The smallest absolute Gasteiger partial charge is 0.337 e. The van der Waals surface area contributed by atoms with Crippen LogP contribution in [0.5, 0.6) is 5.75 Å². The number of anilines is 1. The van der Waals surface area contributed by atoms with Gasteiger partial charge in [-0.3, -0.25) is 14.5 Å². The van der Waals surface area contributed by atoms with Crippen LogP contribution in [0.25, 0.3) is 6.08 Å². The maximum Gasteiger partial charge on any atom is 0.337 e. The molecule has 0 bridgehead atoms. The number of ether oxygens (including phenoxy) is 2. The Kier molecular flexibility index (Phi) is 8.02. The third-order valence-corrected chi connectivity index (χ3v) is 6.02. The first-order valence-corrected chi connectivity index (χ1v) is 11.0. The fraction of sp³-hybridized carbons (Fsp3) is 0.217. The van der Waals surface area contributed by atoms with E-state index in [0.717, 1.165) is 5.56 Å². The number of methoxy groups -OCH3 is 2. The molecule has 7 nitrogen and oxygen atoms in total. The van der Waals surface area contributed by atoms with Crippen molar-refractivity contribution in [1.29, 1.82) is 0 Å². The summed E-state index contributed by atoms with van der Waals surface area (Å²) < 4.78 is 10.3. The molecule has 1 aliphatic heterocycles. The summed E-state index contributed by atoms with van der Waals surface area (Å²) in [4.78, 5) is 38.5. The first-order valence-electron chi connectivity index (χ1n) is 9.79. The minimum atomic E-state index is -0.418. The quantitative estimate of drug-likeness (QED) is 0.353. The van der Waals surface area contributed by atoms with Gasteiger partial charge in [0.2, 0.25) is 5.91 Å². The Bertz CT molecular complexity index is 1070. The maximum atomic E-state index is 12.7. The van der Waals surface area contributed by atoms with Crippen LogP contribution in [0.2, 0.25) is 0 Å². The summed E-state index contributed by atoms with van der Waals surface area (Å²) in [5.41, 5.74) is 1.86. The van der Waals surface area contributed by atoms with Crippen LogP contribution in [0.1, 0.15) is 28.8 Å². The predicted molar refractivity (Wildman–Crippen MR) is 129 cm³/mol. The lowest BCUT2D eigenvalue weighted by Crippen LogP contribution is -2.29. The van der Waals surface area contributed by atoms with Gasteiger partial charge < -0.3 is 14.8 Å². The Morgan fingerprint density at radius 3 is 2.59 bits per heavy atom. The van der Waals surface area contributed by atoms with Crippen LogP contribution in [0.4, 0.5) is 5.69 Å². The second-order valence-electron chi connectivity index (χ2n) is 6.83. The van der Waals surface area contributed by atoms with Gasteiger partial charge in [0.05, 0.1) is 24.7 Å². The topological polar surface area (TPSA) is 84.9 Å². The first-order chi connectivity index (χ1) is 15.4. The standard InChI is InChI=1S/C23H22N2O5S2/c1-29-18-6-3-5-17(14-18)24-20(26)7-4-12-25-21(27)19(32-23(25)31)13-15-8-10-16(11-9-15)22(28)30-2/h3,5-6,8-11,13-14H,4,7,12H2,1-2H3,(H,24,26). The molecule has 166 valence electrons. The number of rotatable bonds is 8. The van der Waals surface area contributed by atoms with Crippen LogP contribution in [-0.4, -0.2) is 47.8 Å². The summed E-state index contributed by atoms with van der Waals surface area (Å²) in [6, 6.07) is 13.9. The molecule has 0 radical (unpaired) electrons. The molecule has 0 atom stereocenters. The largest absolute Gasteiger partial charge is 0.497 e. The maximum absolute atomic E-state index is 12.7. The molecular formula is C23H22N2O5S2. The number of benzene rings is 2. The minimum Gasteiger partial charge on any atom is -0.497 e. The summed E-state index contributed by atoms with van der Waals surface area (Å²) in [6.07, 6.45) is 2.46. The molecule has 2 aromatic carbocycles. The van der Waals surface area contributed by atoms with E-state index in [2.05, 4.69) is 10.1 Å². The van der Waals surface area contributed by atoms with Crippen molar-refractivity contribution in [3.8, 4) is 5.75 Å². The molecule has 0 aromatic heterocycles. The summed E-state index contributed by atoms with van der Waals surface area (Å²) in [5, 5.41) is 2.82. The summed E-state index contributed by atoms with van der Waals surface area (Å²) >= 11 is 6.56. The minimum absolute atomic E-state index is 0.148. The average molecular weight is 471 g/mol. The summed E-state index contributed by atoms with van der Waals surface area (Å²) in [6.45, 7) is 0.356. The Hall–Kier alpha value is -3.17. The van der Waals surface area contributed by atoms with E-state index >= 15 is 0 Å². The van der Waals surface area contributed by atoms with Crippen molar-refractivity contribution >= 4 is 57.8 Å². The molecule has 2 amide bonds. The third kappa shape index (κ3) is 5.95. The Labute approximate surface area is 195 Å². The molecule has 1 N–H and O–H groups in total. The molecule has 0 saturated carbocycles. The zero-order valence-electron chi connectivity index (χ0n) is 17.6. The highest BCUT2D eigenvalue weighted by Gasteiger charge is 2.31. The Morgan fingerprint density at radius 1 is 1.16 bits per heavy atom. The molecule has 32 heavy (non-hydrogen) atoms. The number of hydrogen-bond donors (Lipinski definition) is 1. The molecule has 1 fully saturated rings. The van der Waals surface area contributed by atoms with Crippen molar-refractivity contribution in [3.63, 3.8) is 0 Å². The van der Waals surface area contributed by atoms with Crippen molar-refractivity contribution < 1.29 is 23.9 Å². The number of carbonyl (C=O) groups excluding carboxylic acids is 3. The van der Waals surface area contributed by atoms with Gasteiger partial charge in [0.25, 0.3) is 5.91 Å². The van der Waals surface area contributed by atoms with Gasteiger partial charge in [-0.25, -0.2) is 4.79 Å². The normalized spacial score (nSPS) is 14.6. The zero-order chi connectivity index (χ0) is 23.1.